The van der Waals surface area contributed by atoms with Gasteiger partial charge in [0.15, 0.2) is 29.1 Å². The number of carbonyl (C=O) groups is 3. The van der Waals surface area contributed by atoms with Crippen LogP contribution in [-0.4, -0.2) is 44.0 Å². The van der Waals surface area contributed by atoms with E-state index < -0.39 is 30.4 Å². The normalized spacial score (nSPS) is 14.0. The zero-order valence-electron chi connectivity index (χ0n) is 15.9. The van der Waals surface area contributed by atoms with Gasteiger partial charge in [0.1, 0.15) is 6.54 Å². The third kappa shape index (κ3) is 4.22. The van der Waals surface area contributed by atoms with Crippen molar-refractivity contribution in [2.75, 3.05) is 25.4 Å². The van der Waals surface area contributed by atoms with Crippen molar-refractivity contribution in [3.63, 3.8) is 0 Å². The van der Waals surface area contributed by atoms with Crippen LogP contribution in [0.5, 0.6) is 23.0 Å². The average molecular weight is 414 g/mol. The second-order valence-corrected chi connectivity index (χ2v) is 6.44. The Morgan fingerprint density at radius 2 is 1.57 bits per heavy atom. The van der Waals surface area contributed by atoms with Crippen molar-refractivity contribution in [2.45, 2.75) is 13.0 Å². The van der Waals surface area contributed by atoms with Crippen molar-refractivity contribution >= 4 is 23.5 Å². The number of carbonyl (C=O) groups excluding carboxylic acids is 3. The molecule has 2 N–H and O–H groups in total. The Morgan fingerprint density at radius 3 is 2.30 bits per heavy atom. The van der Waals surface area contributed by atoms with E-state index >= 15 is 0 Å². The van der Waals surface area contributed by atoms with Gasteiger partial charge in [0.25, 0.3) is 11.8 Å². The quantitative estimate of drug-likeness (QED) is 0.681. The number of hydrogen-bond acceptors (Lipinski definition) is 8. The summed E-state index contributed by atoms with van der Waals surface area (Å²) in [5, 5.41) is 5.07. The zero-order chi connectivity index (χ0) is 21.1. The highest BCUT2D eigenvalue weighted by atomic mass is 16.7. The number of amides is 2. The Bertz CT molecular complexity index is 1010. The minimum atomic E-state index is -1.06. The van der Waals surface area contributed by atoms with Crippen LogP contribution in [0.4, 0.5) is 5.69 Å². The molecule has 10 nitrogen and oxygen atoms in total. The molecule has 0 bridgehead atoms. The molecule has 0 saturated heterocycles. The molecule has 0 fully saturated rings. The Morgan fingerprint density at radius 1 is 0.933 bits per heavy atom. The minimum Gasteiger partial charge on any atom is -0.454 e. The lowest BCUT2D eigenvalue weighted by molar-refractivity contribution is -0.152. The van der Waals surface area contributed by atoms with E-state index in [1.807, 2.05) is 0 Å². The number of anilines is 1. The van der Waals surface area contributed by atoms with Crippen molar-refractivity contribution in [3.05, 3.63) is 42.0 Å². The maximum absolute atomic E-state index is 12.2. The molecule has 156 valence electrons. The topological polar surface area (TPSA) is 121 Å². The Balaban J connectivity index is 1.25. The second kappa shape index (κ2) is 8.19. The predicted octanol–water partition coefficient (Wildman–Crippen LogP) is 1.44. The van der Waals surface area contributed by atoms with Crippen LogP contribution in [-0.2, 0) is 14.3 Å². The van der Waals surface area contributed by atoms with Crippen LogP contribution in [0.15, 0.2) is 36.4 Å². The number of esters is 1. The summed E-state index contributed by atoms with van der Waals surface area (Å²) >= 11 is 0. The number of nitrogens with one attached hydrogen (secondary N) is 2. The van der Waals surface area contributed by atoms with E-state index in [0.717, 1.165) is 0 Å². The molecule has 0 radical (unpaired) electrons. The van der Waals surface area contributed by atoms with E-state index in [1.165, 1.54) is 13.0 Å². The van der Waals surface area contributed by atoms with Gasteiger partial charge >= 0.3 is 5.97 Å². The van der Waals surface area contributed by atoms with E-state index in [9.17, 15) is 14.4 Å². The summed E-state index contributed by atoms with van der Waals surface area (Å²) in [6, 6.07) is 9.60. The number of ether oxygens (including phenoxy) is 5. The highest BCUT2D eigenvalue weighted by molar-refractivity contribution is 5.98. The summed E-state index contributed by atoms with van der Waals surface area (Å²) in [6.45, 7) is 1.26. The first-order valence-corrected chi connectivity index (χ1v) is 9.07. The van der Waals surface area contributed by atoms with E-state index in [2.05, 4.69) is 10.6 Å². The third-order valence-corrected chi connectivity index (χ3v) is 4.35. The summed E-state index contributed by atoms with van der Waals surface area (Å²) < 4.78 is 25.9. The maximum Gasteiger partial charge on any atom is 0.326 e. The lowest BCUT2D eigenvalue weighted by atomic mass is 10.2. The molecule has 0 saturated carbocycles. The van der Waals surface area contributed by atoms with Gasteiger partial charge in [-0.25, -0.2) is 0 Å². The molecule has 2 aliphatic heterocycles. The van der Waals surface area contributed by atoms with Crippen molar-refractivity contribution < 1.29 is 38.1 Å². The molecule has 10 heteroatoms. The van der Waals surface area contributed by atoms with Crippen molar-refractivity contribution in [3.8, 4) is 23.0 Å². The summed E-state index contributed by atoms with van der Waals surface area (Å²) in [7, 11) is 0. The van der Waals surface area contributed by atoms with Gasteiger partial charge < -0.3 is 34.3 Å². The molecular formula is C20H18N2O8. The molecule has 2 aromatic carbocycles. The lowest BCUT2D eigenvalue weighted by Crippen LogP contribution is -2.35. The van der Waals surface area contributed by atoms with Crippen LogP contribution in [0.3, 0.4) is 0 Å². The number of hydrogen-bond donors (Lipinski definition) is 2. The van der Waals surface area contributed by atoms with E-state index in [1.54, 1.807) is 30.3 Å². The van der Waals surface area contributed by atoms with Crippen LogP contribution < -0.4 is 29.6 Å². The van der Waals surface area contributed by atoms with Gasteiger partial charge in [0, 0.05) is 17.3 Å². The smallest absolute Gasteiger partial charge is 0.326 e. The molecule has 4 rings (SSSR count). The van der Waals surface area contributed by atoms with Crippen LogP contribution in [0.25, 0.3) is 0 Å². The number of rotatable bonds is 6. The fourth-order valence-electron chi connectivity index (χ4n) is 2.80. The first-order valence-electron chi connectivity index (χ1n) is 9.07. The number of benzene rings is 2. The van der Waals surface area contributed by atoms with Gasteiger partial charge in [0.2, 0.25) is 13.6 Å². The summed E-state index contributed by atoms with van der Waals surface area (Å²) in [5.41, 5.74) is 0.781. The molecule has 2 amide bonds. The van der Waals surface area contributed by atoms with Crippen molar-refractivity contribution in [2.24, 2.45) is 0 Å². The van der Waals surface area contributed by atoms with E-state index in [4.69, 9.17) is 23.7 Å². The van der Waals surface area contributed by atoms with E-state index in [0.29, 0.717) is 34.2 Å². The molecule has 1 atom stereocenters. The van der Waals surface area contributed by atoms with Gasteiger partial charge in [0.05, 0.1) is 0 Å². The maximum atomic E-state index is 12.2. The monoisotopic (exact) mass is 414 g/mol. The van der Waals surface area contributed by atoms with Gasteiger partial charge in [-0.3, -0.25) is 14.4 Å². The van der Waals surface area contributed by atoms with Crippen LogP contribution >= 0.6 is 0 Å². The van der Waals surface area contributed by atoms with Crippen LogP contribution in [0.2, 0.25) is 0 Å². The second-order valence-electron chi connectivity index (χ2n) is 6.44. The molecule has 2 heterocycles. The number of fused-ring (bicyclic) bond motifs is 2. The molecule has 30 heavy (non-hydrogen) atoms. The van der Waals surface area contributed by atoms with Gasteiger partial charge in [-0.05, 0) is 37.3 Å². The zero-order valence-corrected chi connectivity index (χ0v) is 15.9. The summed E-state index contributed by atoms with van der Waals surface area (Å²) in [4.78, 5) is 36.4. The third-order valence-electron chi connectivity index (χ3n) is 4.35. The molecule has 0 aliphatic carbocycles. The van der Waals surface area contributed by atoms with Crippen molar-refractivity contribution in [1.29, 1.82) is 0 Å². The average Bonchev–Trinajstić information content (AvgIpc) is 3.40. The van der Waals surface area contributed by atoms with Crippen LogP contribution in [0.1, 0.15) is 17.3 Å². The minimum absolute atomic E-state index is 0.0962. The Labute approximate surface area is 171 Å². The largest absolute Gasteiger partial charge is 0.454 e. The summed E-state index contributed by atoms with van der Waals surface area (Å²) in [6.07, 6.45) is -1.06. The standard InChI is InChI=1S/C20H18N2O8/c1-11(19(24)22-13-3-5-15-17(7-13)29-10-27-15)30-18(23)8-21-20(25)12-2-4-14-16(6-12)28-9-26-14/h2-7,11H,8-10H2,1H3,(H,21,25)(H,22,24)/t11-/m1/s1. The fraction of sp³-hybridized carbons (Fsp3) is 0.250. The van der Waals surface area contributed by atoms with Gasteiger partial charge in [-0.15, -0.1) is 0 Å². The van der Waals surface area contributed by atoms with Crippen LogP contribution in [0, 0.1) is 0 Å². The fourth-order valence-corrected chi connectivity index (χ4v) is 2.80. The molecule has 0 unspecified atom stereocenters. The molecular weight excluding hydrogens is 396 g/mol. The predicted molar refractivity (Wildman–Crippen MR) is 102 cm³/mol. The molecule has 0 aromatic heterocycles. The van der Waals surface area contributed by atoms with Gasteiger partial charge in [-0.1, -0.05) is 0 Å². The first kappa shape index (κ1) is 19.4. The van der Waals surface area contributed by atoms with Crippen molar-refractivity contribution in [1.82, 2.24) is 5.32 Å². The molecule has 0 spiro atoms. The highest BCUT2D eigenvalue weighted by Crippen LogP contribution is 2.34. The van der Waals surface area contributed by atoms with Gasteiger partial charge in [-0.2, -0.15) is 0 Å². The van der Waals surface area contributed by atoms with E-state index in [-0.39, 0.29) is 13.6 Å². The first-order chi connectivity index (χ1) is 14.5. The molecule has 2 aliphatic rings. The Kier molecular flexibility index (Phi) is 5.29. The summed E-state index contributed by atoms with van der Waals surface area (Å²) in [5.74, 6) is 0.353. The SMILES string of the molecule is C[C@@H](OC(=O)CNC(=O)c1ccc2c(c1)OCO2)C(=O)Nc1ccc2c(c1)OCO2. The Hall–Kier alpha value is -3.95. The highest BCUT2D eigenvalue weighted by Gasteiger charge is 2.21. The lowest BCUT2D eigenvalue weighted by Gasteiger charge is -2.14. The molecule has 2 aromatic rings.